The summed E-state index contributed by atoms with van der Waals surface area (Å²) in [5.74, 6) is 3.91. The summed E-state index contributed by atoms with van der Waals surface area (Å²) in [7, 11) is 0. The molecule has 0 bridgehead atoms. The van der Waals surface area contributed by atoms with E-state index in [2.05, 4.69) is 18.8 Å². The van der Waals surface area contributed by atoms with E-state index in [-0.39, 0.29) is 17.3 Å². The van der Waals surface area contributed by atoms with E-state index in [1.54, 1.807) is 6.07 Å². The highest BCUT2D eigenvalue weighted by Crippen LogP contribution is 2.34. The lowest BCUT2D eigenvalue weighted by Crippen LogP contribution is -2.14. The van der Waals surface area contributed by atoms with Crippen LogP contribution in [0.25, 0.3) is 0 Å². The maximum Gasteiger partial charge on any atom is 0.174 e. The Kier molecular flexibility index (Phi) is 5.95. The molecule has 1 unspecified atom stereocenters. The molecule has 0 N–H and O–H groups in total. The third-order valence-electron chi connectivity index (χ3n) is 5.77. The summed E-state index contributed by atoms with van der Waals surface area (Å²) < 4.78 is 41.7. The highest BCUT2D eigenvalue weighted by atomic mass is 19.2. The summed E-state index contributed by atoms with van der Waals surface area (Å²) in [5, 5.41) is 0. The van der Waals surface area contributed by atoms with Crippen LogP contribution in [0.1, 0.15) is 59.1 Å². The van der Waals surface area contributed by atoms with Crippen molar-refractivity contribution in [2.24, 2.45) is 0 Å². The molecule has 0 saturated carbocycles. The van der Waals surface area contributed by atoms with Gasteiger partial charge in [0.05, 0.1) is 5.56 Å². The van der Waals surface area contributed by atoms with Gasteiger partial charge in [0.15, 0.2) is 11.6 Å². The molecule has 0 spiro atoms. The molecular formula is C27H23F3. The van der Waals surface area contributed by atoms with Crippen LogP contribution in [0.3, 0.4) is 0 Å². The monoisotopic (exact) mass is 404 g/mol. The Balaban J connectivity index is 1.53. The Hall–Kier alpha value is -2.99. The first-order chi connectivity index (χ1) is 14.5. The number of aryl methyl sites for hydroxylation is 2. The second kappa shape index (κ2) is 8.79. The fourth-order valence-electron chi connectivity index (χ4n) is 4.18. The molecular weight excluding hydrogens is 381 g/mol. The Bertz CT molecular complexity index is 1130. The van der Waals surface area contributed by atoms with Crippen LogP contribution in [-0.2, 0) is 19.3 Å². The molecule has 0 amide bonds. The molecule has 0 aliphatic heterocycles. The van der Waals surface area contributed by atoms with Gasteiger partial charge in [-0.3, -0.25) is 0 Å². The molecule has 30 heavy (non-hydrogen) atoms. The lowest BCUT2D eigenvalue weighted by Gasteiger charge is -2.25. The van der Waals surface area contributed by atoms with Crippen molar-refractivity contribution in [1.82, 2.24) is 0 Å². The SMILES string of the molecule is CCCc1ccc(C2CCc3cc(C#Cc4cccc(F)c4F)ccc3C2)c(F)c1. The van der Waals surface area contributed by atoms with Crippen molar-refractivity contribution < 1.29 is 13.2 Å². The van der Waals surface area contributed by atoms with Crippen molar-refractivity contribution in [2.75, 3.05) is 0 Å². The molecule has 1 aliphatic carbocycles. The molecule has 0 saturated heterocycles. The van der Waals surface area contributed by atoms with E-state index >= 15 is 0 Å². The van der Waals surface area contributed by atoms with E-state index in [1.165, 1.54) is 23.3 Å². The lowest BCUT2D eigenvalue weighted by molar-refractivity contribution is 0.506. The first-order valence-electron chi connectivity index (χ1n) is 10.4. The number of halogens is 3. The van der Waals surface area contributed by atoms with E-state index in [0.29, 0.717) is 0 Å². The van der Waals surface area contributed by atoms with Crippen LogP contribution in [0.15, 0.2) is 54.6 Å². The van der Waals surface area contributed by atoms with Gasteiger partial charge in [-0.15, -0.1) is 0 Å². The highest BCUT2D eigenvalue weighted by Gasteiger charge is 2.22. The van der Waals surface area contributed by atoms with Gasteiger partial charge >= 0.3 is 0 Å². The van der Waals surface area contributed by atoms with Gasteiger partial charge in [-0.25, -0.2) is 13.2 Å². The maximum atomic E-state index is 14.6. The minimum absolute atomic E-state index is 0.0507. The second-order valence-electron chi connectivity index (χ2n) is 7.88. The number of rotatable bonds is 3. The van der Waals surface area contributed by atoms with Crippen LogP contribution >= 0.6 is 0 Å². The normalized spacial score (nSPS) is 15.3. The number of hydrogen-bond acceptors (Lipinski definition) is 0. The van der Waals surface area contributed by atoms with Gasteiger partial charge in [-0.1, -0.05) is 49.5 Å². The van der Waals surface area contributed by atoms with Crippen molar-refractivity contribution in [3.8, 4) is 11.8 Å². The quantitative estimate of drug-likeness (QED) is 0.425. The summed E-state index contributed by atoms with van der Waals surface area (Å²) in [5.41, 5.74) is 5.06. The van der Waals surface area contributed by atoms with Crippen LogP contribution in [-0.4, -0.2) is 0 Å². The highest BCUT2D eigenvalue weighted by molar-refractivity contribution is 5.47. The average Bonchev–Trinajstić information content (AvgIpc) is 2.75. The number of fused-ring (bicyclic) bond motifs is 1. The van der Waals surface area contributed by atoms with E-state index in [4.69, 9.17) is 0 Å². The van der Waals surface area contributed by atoms with E-state index < -0.39 is 11.6 Å². The summed E-state index contributed by atoms with van der Waals surface area (Å²) in [6, 6.07) is 15.6. The van der Waals surface area contributed by atoms with Crippen LogP contribution in [0.5, 0.6) is 0 Å². The largest absolute Gasteiger partial charge is 0.207 e. The Morgan fingerprint density at radius 2 is 1.77 bits per heavy atom. The van der Waals surface area contributed by atoms with Gasteiger partial charge in [-0.05, 0) is 84.2 Å². The molecule has 152 valence electrons. The molecule has 0 radical (unpaired) electrons. The van der Waals surface area contributed by atoms with Crippen LogP contribution in [0.4, 0.5) is 13.2 Å². The fourth-order valence-corrected chi connectivity index (χ4v) is 4.18. The second-order valence-corrected chi connectivity index (χ2v) is 7.88. The minimum Gasteiger partial charge on any atom is -0.207 e. The Morgan fingerprint density at radius 1 is 0.900 bits per heavy atom. The third-order valence-corrected chi connectivity index (χ3v) is 5.77. The predicted octanol–water partition coefficient (Wildman–Crippen LogP) is 6.73. The first-order valence-corrected chi connectivity index (χ1v) is 10.4. The Labute approximate surface area is 175 Å². The molecule has 0 aromatic heterocycles. The standard InChI is InChI=1S/C27H23F3/c1-2-4-18-9-14-24(26(29)16-18)23-13-12-21-15-19(8-11-22(21)17-23)7-10-20-5-3-6-25(28)27(20)30/h3,5-6,8-9,11,14-16,23H,2,4,12-13,17H2,1H3. The van der Waals surface area contributed by atoms with Gasteiger partial charge in [-0.2, -0.15) is 0 Å². The maximum absolute atomic E-state index is 14.6. The van der Waals surface area contributed by atoms with Crippen molar-refractivity contribution in [2.45, 2.75) is 44.9 Å². The molecule has 4 rings (SSSR count). The van der Waals surface area contributed by atoms with Gasteiger partial charge in [0, 0.05) is 5.56 Å². The molecule has 0 fully saturated rings. The minimum atomic E-state index is -0.919. The summed E-state index contributed by atoms with van der Waals surface area (Å²) in [6.45, 7) is 2.09. The molecule has 3 aromatic carbocycles. The van der Waals surface area contributed by atoms with Crippen molar-refractivity contribution in [3.63, 3.8) is 0 Å². The smallest absolute Gasteiger partial charge is 0.174 e. The molecule has 0 nitrogen and oxygen atoms in total. The number of hydrogen-bond donors (Lipinski definition) is 0. The molecule has 3 heteroatoms. The van der Waals surface area contributed by atoms with Crippen LogP contribution in [0, 0.1) is 29.3 Å². The molecule has 1 atom stereocenters. The van der Waals surface area contributed by atoms with Gasteiger partial charge in [0.25, 0.3) is 0 Å². The molecule has 1 aliphatic rings. The van der Waals surface area contributed by atoms with Crippen LogP contribution < -0.4 is 0 Å². The average molecular weight is 404 g/mol. The Morgan fingerprint density at radius 3 is 2.57 bits per heavy atom. The number of benzene rings is 3. The van der Waals surface area contributed by atoms with Crippen molar-refractivity contribution >= 4 is 0 Å². The van der Waals surface area contributed by atoms with Gasteiger partial charge < -0.3 is 0 Å². The fraction of sp³-hybridized carbons (Fsp3) is 0.259. The zero-order valence-electron chi connectivity index (χ0n) is 16.9. The predicted molar refractivity (Wildman–Crippen MR) is 114 cm³/mol. The van der Waals surface area contributed by atoms with E-state index in [1.807, 2.05) is 30.3 Å². The summed E-state index contributed by atoms with van der Waals surface area (Å²) in [4.78, 5) is 0. The zero-order valence-corrected chi connectivity index (χ0v) is 16.9. The first kappa shape index (κ1) is 20.3. The topological polar surface area (TPSA) is 0 Å². The zero-order chi connectivity index (χ0) is 21.1. The van der Waals surface area contributed by atoms with Crippen molar-refractivity contribution in [1.29, 1.82) is 0 Å². The van der Waals surface area contributed by atoms with E-state index in [9.17, 15) is 13.2 Å². The van der Waals surface area contributed by atoms with Crippen molar-refractivity contribution in [3.05, 3.63) is 105 Å². The molecule has 0 heterocycles. The lowest BCUT2D eigenvalue weighted by atomic mass is 9.79. The van der Waals surface area contributed by atoms with Gasteiger partial charge in [0.1, 0.15) is 5.82 Å². The summed E-state index contributed by atoms with van der Waals surface area (Å²) >= 11 is 0. The third kappa shape index (κ3) is 4.28. The van der Waals surface area contributed by atoms with Gasteiger partial charge in [0.2, 0.25) is 0 Å². The molecule has 3 aromatic rings. The summed E-state index contributed by atoms with van der Waals surface area (Å²) in [6.07, 6.45) is 4.43. The van der Waals surface area contributed by atoms with E-state index in [0.717, 1.165) is 54.9 Å². The van der Waals surface area contributed by atoms with Crippen LogP contribution in [0.2, 0.25) is 0 Å².